The fourth-order valence-corrected chi connectivity index (χ4v) is 4.10. The van der Waals surface area contributed by atoms with Crippen molar-refractivity contribution in [1.82, 2.24) is 15.5 Å². The molecular weight excluding hydrogens is 374 g/mol. The molecule has 1 saturated heterocycles. The number of aryl methyl sites for hydroxylation is 1. The first-order valence-corrected chi connectivity index (χ1v) is 10.3. The Morgan fingerprint density at radius 2 is 1.96 bits per heavy atom. The van der Waals surface area contributed by atoms with Gasteiger partial charge in [0.15, 0.2) is 0 Å². The first kappa shape index (κ1) is 20.1. The summed E-state index contributed by atoms with van der Waals surface area (Å²) in [5.74, 6) is -0.786. The predicted octanol–water partition coefficient (Wildman–Crippen LogP) is 3.35. The summed E-state index contributed by atoms with van der Waals surface area (Å²) in [4.78, 5) is 39.8. The average molecular weight is 400 g/mol. The van der Waals surface area contributed by atoms with Crippen LogP contribution in [0.1, 0.15) is 49.2 Å². The molecule has 7 heteroatoms. The molecule has 1 aliphatic heterocycles. The molecule has 2 aromatic rings. The lowest BCUT2D eigenvalue weighted by molar-refractivity contribution is -0.135. The van der Waals surface area contributed by atoms with Crippen molar-refractivity contribution in [3.8, 4) is 0 Å². The second-order valence-electron chi connectivity index (χ2n) is 7.20. The zero-order valence-corrected chi connectivity index (χ0v) is 17.1. The summed E-state index contributed by atoms with van der Waals surface area (Å²) in [5.41, 5.74) is 0.729. The molecule has 6 nitrogen and oxygen atoms in total. The maximum Gasteiger partial charge on any atom is 0.325 e. The van der Waals surface area contributed by atoms with Crippen molar-refractivity contribution in [1.29, 1.82) is 0 Å². The Morgan fingerprint density at radius 3 is 2.57 bits per heavy atom. The molecule has 0 bridgehead atoms. The number of amides is 4. The van der Waals surface area contributed by atoms with E-state index in [1.807, 2.05) is 48.7 Å². The molecule has 2 heterocycles. The third-order valence-electron chi connectivity index (χ3n) is 4.99. The largest absolute Gasteiger partial charge is 0.347 e. The molecular formula is C21H25N3O3S. The highest BCUT2D eigenvalue weighted by Crippen LogP contribution is 2.29. The number of hydrogen-bond donors (Lipinski definition) is 2. The number of thiophene rings is 1. The highest BCUT2D eigenvalue weighted by atomic mass is 32.1. The van der Waals surface area contributed by atoms with Gasteiger partial charge < -0.3 is 10.6 Å². The lowest BCUT2D eigenvalue weighted by Gasteiger charge is -2.22. The molecule has 148 valence electrons. The number of hydrogen-bond acceptors (Lipinski definition) is 4. The maximum absolute atomic E-state index is 13.0. The number of benzene rings is 1. The van der Waals surface area contributed by atoms with E-state index >= 15 is 0 Å². The average Bonchev–Trinajstić information content (AvgIpc) is 3.27. The Bertz CT molecular complexity index is 864. The van der Waals surface area contributed by atoms with Crippen LogP contribution in [0.15, 0.2) is 41.8 Å². The van der Waals surface area contributed by atoms with Crippen LogP contribution in [0.2, 0.25) is 0 Å². The molecule has 1 aromatic heterocycles. The van der Waals surface area contributed by atoms with Gasteiger partial charge in [0, 0.05) is 4.88 Å². The van der Waals surface area contributed by atoms with Gasteiger partial charge in [-0.2, -0.15) is 0 Å². The van der Waals surface area contributed by atoms with E-state index in [1.54, 1.807) is 18.3 Å². The third kappa shape index (κ3) is 3.94. The highest BCUT2D eigenvalue weighted by molar-refractivity contribution is 7.10. The maximum atomic E-state index is 13.0. The van der Waals surface area contributed by atoms with Gasteiger partial charge in [-0.05, 0) is 42.8 Å². The summed E-state index contributed by atoms with van der Waals surface area (Å²) < 4.78 is 0. The molecule has 0 spiro atoms. The van der Waals surface area contributed by atoms with E-state index in [1.165, 1.54) is 5.56 Å². The number of nitrogens with one attached hydrogen (secondary N) is 2. The zero-order valence-electron chi connectivity index (χ0n) is 16.3. The Kier molecular flexibility index (Phi) is 5.84. The SMILES string of the molecule is CCCc1ccc(C2(C)NC(=O)N(CC(=O)NC(C)c3cccs3)C2=O)cc1. The second kappa shape index (κ2) is 8.14. The van der Waals surface area contributed by atoms with Crippen LogP contribution in [0.3, 0.4) is 0 Å². The Labute approximate surface area is 168 Å². The van der Waals surface area contributed by atoms with Crippen LogP contribution in [-0.4, -0.2) is 29.3 Å². The van der Waals surface area contributed by atoms with Gasteiger partial charge in [-0.25, -0.2) is 4.79 Å². The fraction of sp³-hybridized carbons (Fsp3) is 0.381. The van der Waals surface area contributed by atoms with E-state index in [-0.39, 0.29) is 18.5 Å². The van der Waals surface area contributed by atoms with Gasteiger partial charge in [-0.15, -0.1) is 11.3 Å². The van der Waals surface area contributed by atoms with Gasteiger partial charge in [0.25, 0.3) is 5.91 Å². The Hall–Kier alpha value is -2.67. The minimum atomic E-state index is -1.17. The summed E-state index contributed by atoms with van der Waals surface area (Å²) >= 11 is 1.54. The fourth-order valence-electron chi connectivity index (χ4n) is 3.37. The van der Waals surface area contributed by atoms with Gasteiger partial charge in [-0.1, -0.05) is 43.7 Å². The van der Waals surface area contributed by atoms with Crippen molar-refractivity contribution in [2.45, 2.75) is 45.2 Å². The number of nitrogens with zero attached hydrogens (tertiary/aromatic N) is 1. The Morgan fingerprint density at radius 1 is 1.25 bits per heavy atom. The minimum absolute atomic E-state index is 0.175. The summed E-state index contributed by atoms with van der Waals surface area (Å²) in [7, 11) is 0. The molecule has 28 heavy (non-hydrogen) atoms. The number of imide groups is 1. The molecule has 0 aliphatic carbocycles. The molecule has 1 aliphatic rings. The van der Waals surface area contributed by atoms with E-state index < -0.39 is 17.5 Å². The van der Waals surface area contributed by atoms with E-state index in [0.29, 0.717) is 5.56 Å². The quantitative estimate of drug-likeness (QED) is 0.701. The Balaban J connectivity index is 1.69. The highest BCUT2D eigenvalue weighted by Gasteiger charge is 2.49. The molecule has 4 amide bonds. The summed E-state index contributed by atoms with van der Waals surface area (Å²) in [6.07, 6.45) is 2.01. The molecule has 1 fully saturated rings. The first-order valence-electron chi connectivity index (χ1n) is 9.41. The van der Waals surface area contributed by atoms with Crippen LogP contribution in [0.4, 0.5) is 4.79 Å². The van der Waals surface area contributed by atoms with Gasteiger partial charge in [0.05, 0.1) is 6.04 Å². The van der Waals surface area contributed by atoms with Gasteiger partial charge in [0.1, 0.15) is 12.1 Å². The molecule has 2 atom stereocenters. The second-order valence-corrected chi connectivity index (χ2v) is 8.18. The zero-order chi connectivity index (χ0) is 20.3. The first-order chi connectivity index (χ1) is 13.3. The number of carbonyl (C=O) groups excluding carboxylic acids is 3. The minimum Gasteiger partial charge on any atom is -0.347 e. The molecule has 2 unspecified atom stereocenters. The third-order valence-corrected chi connectivity index (χ3v) is 6.05. The molecule has 3 rings (SSSR count). The van der Waals surface area contributed by atoms with E-state index in [4.69, 9.17) is 0 Å². The predicted molar refractivity (Wildman–Crippen MR) is 109 cm³/mol. The van der Waals surface area contributed by atoms with Crippen LogP contribution >= 0.6 is 11.3 Å². The number of carbonyl (C=O) groups is 3. The van der Waals surface area contributed by atoms with E-state index in [2.05, 4.69) is 17.6 Å². The van der Waals surface area contributed by atoms with Crippen LogP contribution in [0, 0.1) is 0 Å². The standard InChI is InChI=1S/C21H25N3O3S/c1-4-6-15-8-10-16(11-9-15)21(3)19(26)24(20(27)23-21)13-18(25)22-14(2)17-7-5-12-28-17/h5,7-12,14H,4,6,13H2,1-3H3,(H,22,25)(H,23,27). The lowest BCUT2D eigenvalue weighted by Crippen LogP contribution is -2.43. The van der Waals surface area contributed by atoms with Crippen molar-refractivity contribution < 1.29 is 14.4 Å². The smallest absolute Gasteiger partial charge is 0.325 e. The van der Waals surface area contributed by atoms with Crippen molar-refractivity contribution in [3.63, 3.8) is 0 Å². The van der Waals surface area contributed by atoms with Crippen LogP contribution in [0.25, 0.3) is 0 Å². The number of rotatable bonds is 7. The molecule has 1 aromatic carbocycles. The summed E-state index contributed by atoms with van der Waals surface area (Å²) in [5, 5.41) is 7.52. The normalized spacial score (nSPS) is 20.2. The van der Waals surface area contributed by atoms with Crippen LogP contribution in [-0.2, 0) is 21.5 Å². The summed E-state index contributed by atoms with van der Waals surface area (Å²) in [6.45, 7) is 5.36. The van der Waals surface area contributed by atoms with Crippen LogP contribution in [0.5, 0.6) is 0 Å². The van der Waals surface area contributed by atoms with Crippen molar-refractivity contribution in [2.24, 2.45) is 0 Å². The van der Waals surface area contributed by atoms with E-state index in [9.17, 15) is 14.4 Å². The molecule has 0 radical (unpaired) electrons. The summed E-state index contributed by atoms with van der Waals surface area (Å²) in [6, 6.07) is 10.8. The number of urea groups is 1. The van der Waals surface area contributed by atoms with E-state index in [0.717, 1.165) is 22.6 Å². The molecule has 2 N–H and O–H groups in total. The van der Waals surface area contributed by atoms with Crippen molar-refractivity contribution in [3.05, 3.63) is 57.8 Å². The van der Waals surface area contributed by atoms with Gasteiger partial charge >= 0.3 is 6.03 Å². The van der Waals surface area contributed by atoms with Crippen molar-refractivity contribution in [2.75, 3.05) is 6.54 Å². The monoisotopic (exact) mass is 399 g/mol. The topological polar surface area (TPSA) is 78.5 Å². The lowest BCUT2D eigenvalue weighted by atomic mass is 9.91. The molecule has 0 saturated carbocycles. The van der Waals surface area contributed by atoms with Gasteiger partial charge in [-0.3, -0.25) is 14.5 Å². The van der Waals surface area contributed by atoms with Gasteiger partial charge in [0.2, 0.25) is 5.91 Å². The van der Waals surface area contributed by atoms with Crippen LogP contribution < -0.4 is 10.6 Å². The van der Waals surface area contributed by atoms with Crippen molar-refractivity contribution >= 4 is 29.2 Å².